The molecule has 0 N–H and O–H groups in total. The van der Waals surface area contributed by atoms with Crippen molar-refractivity contribution in [3.63, 3.8) is 0 Å². The highest BCUT2D eigenvalue weighted by molar-refractivity contribution is 5.82. The van der Waals surface area contributed by atoms with Crippen LogP contribution >= 0.6 is 0 Å². The van der Waals surface area contributed by atoms with Crippen LogP contribution in [0.5, 0.6) is 0 Å². The highest BCUT2D eigenvalue weighted by Gasteiger charge is 2.35. The van der Waals surface area contributed by atoms with Gasteiger partial charge in [0.05, 0.1) is 17.8 Å². The number of aryl methyl sites for hydroxylation is 1. The molecule has 0 aliphatic rings. The fourth-order valence-corrected chi connectivity index (χ4v) is 2.87. The summed E-state index contributed by atoms with van der Waals surface area (Å²) in [6.07, 6.45) is -4.20. The SMILES string of the molecule is O=c1c(-c2cccc(C(F)(F)F)c2F)nn(CCCCF)c2ccccc12. The van der Waals surface area contributed by atoms with Crippen LogP contribution in [0.3, 0.4) is 0 Å². The number of rotatable bonds is 5. The summed E-state index contributed by atoms with van der Waals surface area (Å²) in [7, 11) is 0. The van der Waals surface area contributed by atoms with Crippen molar-refractivity contribution in [1.82, 2.24) is 9.78 Å². The molecule has 0 amide bonds. The maximum atomic E-state index is 14.5. The molecule has 0 atom stereocenters. The molecule has 0 saturated carbocycles. The van der Waals surface area contributed by atoms with Gasteiger partial charge in [-0.3, -0.25) is 13.9 Å². The summed E-state index contributed by atoms with van der Waals surface area (Å²) >= 11 is 0. The zero-order chi connectivity index (χ0) is 19.6. The molecule has 2 aromatic carbocycles. The predicted molar refractivity (Wildman–Crippen MR) is 91.6 cm³/mol. The zero-order valence-electron chi connectivity index (χ0n) is 14.1. The Morgan fingerprint density at radius 3 is 2.44 bits per heavy atom. The van der Waals surface area contributed by atoms with Gasteiger partial charge in [0.15, 0.2) is 0 Å². The first-order valence-corrected chi connectivity index (χ1v) is 8.26. The first-order valence-electron chi connectivity index (χ1n) is 8.26. The van der Waals surface area contributed by atoms with Gasteiger partial charge in [-0.05, 0) is 37.1 Å². The van der Waals surface area contributed by atoms with Crippen LogP contribution in [0, 0.1) is 5.82 Å². The van der Waals surface area contributed by atoms with E-state index >= 15 is 0 Å². The monoisotopic (exact) mass is 382 g/mol. The molecule has 3 rings (SSSR count). The second-order valence-corrected chi connectivity index (χ2v) is 5.98. The van der Waals surface area contributed by atoms with Crippen LogP contribution in [0.2, 0.25) is 0 Å². The lowest BCUT2D eigenvalue weighted by atomic mass is 10.0. The number of nitrogens with zero attached hydrogens (tertiary/aromatic N) is 2. The summed E-state index contributed by atoms with van der Waals surface area (Å²) in [5, 5.41) is 4.31. The van der Waals surface area contributed by atoms with Gasteiger partial charge in [-0.2, -0.15) is 18.3 Å². The number of benzene rings is 2. The van der Waals surface area contributed by atoms with Crippen molar-refractivity contribution in [3.8, 4) is 11.3 Å². The molecule has 0 radical (unpaired) electrons. The number of halogens is 5. The molecule has 0 bridgehead atoms. The largest absolute Gasteiger partial charge is 0.419 e. The minimum Gasteiger partial charge on any atom is -0.287 e. The third kappa shape index (κ3) is 3.70. The smallest absolute Gasteiger partial charge is 0.287 e. The van der Waals surface area contributed by atoms with Gasteiger partial charge in [0.25, 0.3) is 0 Å². The van der Waals surface area contributed by atoms with Crippen molar-refractivity contribution in [2.24, 2.45) is 0 Å². The average Bonchev–Trinajstić information content (AvgIpc) is 2.63. The molecule has 3 aromatic rings. The van der Waals surface area contributed by atoms with Crippen molar-refractivity contribution in [2.75, 3.05) is 6.67 Å². The minimum atomic E-state index is -4.89. The number of hydrogen-bond acceptors (Lipinski definition) is 2. The Morgan fingerprint density at radius 2 is 1.74 bits per heavy atom. The summed E-state index contributed by atoms with van der Waals surface area (Å²) in [6, 6.07) is 9.15. The summed E-state index contributed by atoms with van der Waals surface area (Å²) in [5.41, 5.74) is -2.58. The summed E-state index contributed by atoms with van der Waals surface area (Å²) < 4.78 is 67.3. The first kappa shape index (κ1) is 19.0. The third-order valence-electron chi connectivity index (χ3n) is 4.18. The van der Waals surface area contributed by atoms with E-state index < -0.39 is 40.9 Å². The van der Waals surface area contributed by atoms with E-state index in [1.807, 2.05) is 0 Å². The van der Waals surface area contributed by atoms with Crippen LogP contribution in [0.25, 0.3) is 22.2 Å². The standard InChI is InChI=1S/C19H15F5N2O/c20-10-3-4-11-26-15-9-2-1-6-12(15)18(27)17(25-26)13-7-5-8-14(16(13)21)19(22,23)24/h1-2,5-9H,3-4,10-11H2. The Hall–Kier alpha value is -2.77. The maximum Gasteiger partial charge on any atom is 0.419 e. The van der Waals surface area contributed by atoms with Gasteiger partial charge in [-0.1, -0.05) is 18.2 Å². The predicted octanol–water partition coefficient (Wildman–Crippen LogP) is 4.97. The number of para-hydroxylation sites is 1. The quantitative estimate of drug-likeness (QED) is 0.461. The Balaban J connectivity index is 2.24. The maximum absolute atomic E-state index is 14.5. The van der Waals surface area contributed by atoms with Crippen LogP contribution in [-0.4, -0.2) is 16.5 Å². The summed E-state index contributed by atoms with van der Waals surface area (Å²) in [6.45, 7) is -0.272. The van der Waals surface area contributed by atoms with Gasteiger partial charge in [-0.15, -0.1) is 0 Å². The van der Waals surface area contributed by atoms with Crippen molar-refractivity contribution in [3.05, 3.63) is 64.1 Å². The molecule has 0 aliphatic heterocycles. The fourth-order valence-electron chi connectivity index (χ4n) is 2.87. The molecule has 27 heavy (non-hydrogen) atoms. The number of unbranched alkanes of at least 4 members (excludes halogenated alkanes) is 1. The van der Waals surface area contributed by atoms with Crippen molar-refractivity contribution < 1.29 is 22.0 Å². The number of alkyl halides is 4. The minimum absolute atomic E-state index is 0.208. The van der Waals surface area contributed by atoms with E-state index in [0.717, 1.165) is 12.1 Å². The molecule has 0 aliphatic carbocycles. The van der Waals surface area contributed by atoms with Crippen LogP contribution in [0.4, 0.5) is 22.0 Å². The molecule has 142 valence electrons. The van der Waals surface area contributed by atoms with Crippen LogP contribution in [0.1, 0.15) is 18.4 Å². The van der Waals surface area contributed by atoms with Gasteiger partial charge in [0.2, 0.25) is 5.43 Å². The molecular weight excluding hydrogens is 367 g/mol. The number of aromatic nitrogens is 2. The van der Waals surface area contributed by atoms with Gasteiger partial charge < -0.3 is 0 Å². The zero-order valence-corrected chi connectivity index (χ0v) is 14.1. The second-order valence-electron chi connectivity index (χ2n) is 5.98. The van der Waals surface area contributed by atoms with Gasteiger partial charge in [0.1, 0.15) is 11.5 Å². The fraction of sp³-hybridized carbons (Fsp3) is 0.263. The van der Waals surface area contributed by atoms with Crippen molar-refractivity contribution in [2.45, 2.75) is 25.6 Å². The van der Waals surface area contributed by atoms with E-state index in [0.29, 0.717) is 18.0 Å². The van der Waals surface area contributed by atoms with Crippen LogP contribution in [-0.2, 0) is 12.7 Å². The lowest BCUT2D eigenvalue weighted by molar-refractivity contribution is -0.139. The van der Waals surface area contributed by atoms with Gasteiger partial charge >= 0.3 is 6.18 Å². The van der Waals surface area contributed by atoms with E-state index in [4.69, 9.17) is 0 Å². The van der Waals surface area contributed by atoms with E-state index in [2.05, 4.69) is 5.10 Å². The van der Waals surface area contributed by atoms with E-state index in [-0.39, 0.29) is 18.4 Å². The number of fused-ring (bicyclic) bond motifs is 1. The molecule has 1 heterocycles. The molecule has 8 heteroatoms. The molecule has 1 aromatic heterocycles. The Morgan fingerprint density at radius 1 is 1.00 bits per heavy atom. The Labute approximate surface area is 151 Å². The topological polar surface area (TPSA) is 34.9 Å². The Bertz CT molecular complexity index is 1030. The van der Waals surface area contributed by atoms with Gasteiger partial charge in [-0.25, -0.2) is 4.39 Å². The molecule has 0 saturated heterocycles. The average molecular weight is 382 g/mol. The lowest BCUT2D eigenvalue weighted by Crippen LogP contribution is -2.18. The number of hydrogen-bond donors (Lipinski definition) is 0. The second kappa shape index (κ2) is 7.46. The highest BCUT2D eigenvalue weighted by Crippen LogP contribution is 2.34. The molecule has 3 nitrogen and oxygen atoms in total. The third-order valence-corrected chi connectivity index (χ3v) is 4.18. The summed E-state index contributed by atoms with van der Waals surface area (Å²) in [4.78, 5) is 12.7. The van der Waals surface area contributed by atoms with Crippen LogP contribution < -0.4 is 5.43 Å². The van der Waals surface area contributed by atoms with E-state index in [1.165, 1.54) is 10.7 Å². The lowest BCUT2D eigenvalue weighted by Gasteiger charge is -2.14. The molecule has 0 fully saturated rings. The Kier molecular flexibility index (Phi) is 5.25. The normalized spacial score (nSPS) is 11.9. The van der Waals surface area contributed by atoms with Gasteiger partial charge in [0, 0.05) is 17.5 Å². The first-order chi connectivity index (χ1) is 12.8. The van der Waals surface area contributed by atoms with Crippen molar-refractivity contribution >= 4 is 10.9 Å². The van der Waals surface area contributed by atoms with E-state index in [1.54, 1.807) is 18.2 Å². The van der Waals surface area contributed by atoms with Crippen molar-refractivity contribution in [1.29, 1.82) is 0 Å². The molecule has 0 spiro atoms. The van der Waals surface area contributed by atoms with E-state index in [9.17, 15) is 26.7 Å². The molecule has 0 unspecified atom stereocenters. The highest BCUT2D eigenvalue weighted by atomic mass is 19.4. The molecular formula is C19H15F5N2O. The van der Waals surface area contributed by atoms with Crippen LogP contribution in [0.15, 0.2) is 47.3 Å². The summed E-state index contributed by atoms with van der Waals surface area (Å²) in [5.74, 6) is -1.54.